The Morgan fingerprint density at radius 2 is 2.00 bits per heavy atom. The zero-order valence-electron chi connectivity index (χ0n) is 10.6. The molecule has 2 aromatic rings. The molecule has 1 aromatic heterocycles. The summed E-state index contributed by atoms with van der Waals surface area (Å²) in [7, 11) is 0. The number of benzene rings is 1. The van der Waals surface area contributed by atoms with E-state index in [2.05, 4.69) is 17.9 Å². The lowest BCUT2D eigenvalue weighted by Gasteiger charge is -2.11. The van der Waals surface area contributed by atoms with E-state index in [0.29, 0.717) is 19.4 Å². The third kappa shape index (κ3) is 4.48. The summed E-state index contributed by atoms with van der Waals surface area (Å²) in [6.45, 7) is 0.568. The lowest BCUT2D eigenvalue weighted by atomic mass is 10.1. The maximum Gasteiger partial charge on any atom is 0.233 e. The molecule has 100 valence electrons. The average molecular weight is 275 g/mol. The van der Waals surface area contributed by atoms with E-state index < -0.39 is 0 Å². The molecule has 0 bridgehead atoms. The van der Waals surface area contributed by atoms with Crippen LogP contribution in [0, 0.1) is 0 Å². The van der Waals surface area contributed by atoms with Gasteiger partial charge in [0.2, 0.25) is 5.91 Å². The van der Waals surface area contributed by atoms with Crippen LogP contribution in [-0.2, 0) is 17.6 Å². The molecule has 0 saturated carbocycles. The van der Waals surface area contributed by atoms with Crippen molar-refractivity contribution >= 4 is 18.5 Å². The highest BCUT2D eigenvalue weighted by Gasteiger charge is 2.13. The summed E-state index contributed by atoms with van der Waals surface area (Å²) >= 11 is 4.35. The van der Waals surface area contributed by atoms with Gasteiger partial charge in [-0.3, -0.25) is 4.79 Å². The standard InChI is InChI=1S/C15H17NO2S/c17-15(16-9-8-13-7-4-10-18-13)14(19)11-12-5-2-1-3-6-12/h1-7,10,14,19H,8-9,11H2,(H,16,17). The summed E-state index contributed by atoms with van der Waals surface area (Å²) in [5.41, 5.74) is 1.11. The molecular weight excluding hydrogens is 258 g/mol. The molecule has 19 heavy (non-hydrogen) atoms. The number of thiol groups is 1. The summed E-state index contributed by atoms with van der Waals surface area (Å²) in [6.07, 6.45) is 2.97. The van der Waals surface area contributed by atoms with E-state index >= 15 is 0 Å². The maximum absolute atomic E-state index is 11.9. The Balaban J connectivity index is 1.73. The Morgan fingerprint density at radius 1 is 1.21 bits per heavy atom. The first-order valence-electron chi connectivity index (χ1n) is 6.28. The van der Waals surface area contributed by atoms with Crippen molar-refractivity contribution in [2.24, 2.45) is 0 Å². The van der Waals surface area contributed by atoms with E-state index in [1.54, 1.807) is 6.26 Å². The minimum Gasteiger partial charge on any atom is -0.469 e. The summed E-state index contributed by atoms with van der Waals surface area (Å²) in [4.78, 5) is 11.9. The van der Waals surface area contributed by atoms with Crippen LogP contribution in [0.1, 0.15) is 11.3 Å². The van der Waals surface area contributed by atoms with Crippen molar-refractivity contribution in [1.82, 2.24) is 5.32 Å². The van der Waals surface area contributed by atoms with Gasteiger partial charge in [-0.25, -0.2) is 0 Å². The zero-order valence-corrected chi connectivity index (χ0v) is 11.5. The van der Waals surface area contributed by atoms with Gasteiger partial charge in [-0.2, -0.15) is 12.6 Å². The van der Waals surface area contributed by atoms with Gasteiger partial charge < -0.3 is 9.73 Å². The quantitative estimate of drug-likeness (QED) is 0.795. The van der Waals surface area contributed by atoms with Crippen LogP contribution >= 0.6 is 12.6 Å². The van der Waals surface area contributed by atoms with Crippen LogP contribution in [0.25, 0.3) is 0 Å². The maximum atomic E-state index is 11.9. The number of amides is 1. The number of hydrogen-bond acceptors (Lipinski definition) is 3. The topological polar surface area (TPSA) is 42.2 Å². The van der Waals surface area contributed by atoms with Gasteiger partial charge in [-0.15, -0.1) is 0 Å². The van der Waals surface area contributed by atoms with Crippen molar-refractivity contribution in [2.45, 2.75) is 18.1 Å². The van der Waals surface area contributed by atoms with Crippen molar-refractivity contribution in [3.05, 3.63) is 60.1 Å². The van der Waals surface area contributed by atoms with E-state index in [0.717, 1.165) is 11.3 Å². The minimum atomic E-state index is -0.320. The monoisotopic (exact) mass is 275 g/mol. The van der Waals surface area contributed by atoms with Crippen molar-refractivity contribution in [3.63, 3.8) is 0 Å². The van der Waals surface area contributed by atoms with E-state index in [1.165, 1.54) is 0 Å². The predicted molar refractivity (Wildman–Crippen MR) is 78.3 cm³/mol. The Kier molecular flexibility index (Phi) is 5.10. The van der Waals surface area contributed by atoms with E-state index in [4.69, 9.17) is 4.42 Å². The molecule has 0 radical (unpaired) electrons. The fourth-order valence-corrected chi connectivity index (χ4v) is 2.11. The molecule has 4 heteroatoms. The zero-order chi connectivity index (χ0) is 13.5. The Labute approximate surface area is 118 Å². The third-order valence-electron chi connectivity index (χ3n) is 2.83. The van der Waals surface area contributed by atoms with Gasteiger partial charge in [0, 0.05) is 13.0 Å². The number of carbonyl (C=O) groups excluding carboxylic acids is 1. The molecule has 1 heterocycles. The molecule has 0 aliphatic carbocycles. The second-order valence-corrected chi connectivity index (χ2v) is 4.95. The van der Waals surface area contributed by atoms with Gasteiger partial charge >= 0.3 is 0 Å². The second kappa shape index (κ2) is 7.04. The lowest BCUT2D eigenvalue weighted by molar-refractivity contribution is -0.120. The highest BCUT2D eigenvalue weighted by atomic mass is 32.1. The van der Waals surface area contributed by atoms with Crippen molar-refractivity contribution < 1.29 is 9.21 Å². The molecule has 1 N–H and O–H groups in total. The van der Waals surface area contributed by atoms with Crippen LogP contribution < -0.4 is 5.32 Å². The van der Waals surface area contributed by atoms with Crippen molar-refractivity contribution in [2.75, 3.05) is 6.54 Å². The SMILES string of the molecule is O=C(NCCc1ccco1)C(S)Cc1ccccc1. The van der Waals surface area contributed by atoms with Gasteiger partial charge in [0.15, 0.2) is 0 Å². The Hall–Kier alpha value is -1.68. The average Bonchev–Trinajstić information content (AvgIpc) is 2.93. The molecule has 1 unspecified atom stereocenters. The van der Waals surface area contributed by atoms with Crippen LogP contribution in [0.2, 0.25) is 0 Å². The van der Waals surface area contributed by atoms with Crippen LogP contribution in [0.15, 0.2) is 53.1 Å². The molecule has 0 saturated heterocycles. The molecule has 0 aliphatic heterocycles. The van der Waals surface area contributed by atoms with Crippen molar-refractivity contribution in [1.29, 1.82) is 0 Å². The Morgan fingerprint density at radius 3 is 2.68 bits per heavy atom. The molecule has 1 atom stereocenters. The molecule has 0 spiro atoms. The fraction of sp³-hybridized carbons (Fsp3) is 0.267. The summed E-state index contributed by atoms with van der Waals surface area (Å²) < 4.78 is 5.20. The van der Waals surface area contributed by atoms with Gasteiger partial charge in [0.05, 0.1) is 11.5 Å². The number of hydrogen-bond donors (Lipinski definition) is 2. The van der Waals surface area contributed by atoms with E-state index in [9.17, 15) is 4.79 Å². The third-order valence-corrected chi connectivity index (χ3v) is 3.24. The van der Waals surface area contributed by atoms with Crippen LogP contribution in [0.5, 0.6) is 0 Å². The van der Waals surface area contributed by atoms with Gasteiger partial charge in [0.25, 0.3) is 0 Å². The summed E-state index contributed by atoms with van der Waals surface area (Å²) in [5.74, 6) is 0.831. The number of furan rings is 1. The molecule has 2 rings (SSSR count). The van der Waals surface area contributed by atoms with Crippen LogP contribution in [0.4, 0.5) is 0 Å². The number of rotatable bonds is 6. The first kappa shape index (κ1) is 13.7. The highest BCUT2D eigenvalue weighted by molar-refractivity contribution is 7.81. The highest BCUT2D eigenvalue weighted by Crippen LogP contribution is 2.08. The first-order chi connectivity index (χ1) is 9.25. The lowest BCUT2D eigenvalue weighted by Crippen LogP contribution is -2.34. The van der Waals surface area contributed by atoms with E-state index in [-0.39, 0.29) is 11.2 Å². The molecule has 0 fully saturated rings. The molecule has 0 aliphatic rings. The van der Waals surface area contributed by atoms with Gasteiger partial charge in [-0.05, 0) is 24.1 Å². The molecule has 1 amide bonds. The Bertz CT molecular complexity index is 496. The van der Waals surface area contributed by atoms with Crippen molar-refractivity contribution in [3.8, 4) is 0 Å². The summed E-state index contributed by atoms with van der Waals surface area (Å²) in [6, 6.07) is 13.6. The largest absolute Gasteiger partial charge is 0.469 e. The molecule has 3 nitrogen and oxygen atoms in total. The molecule has 1 aromatic carbocycles. The number of carbonyl (C=O) groups is 1. The predicted octanol–water partition coefficient (Wildman–Crippen LogP) is 2.48. The normalized spacial score (nSPS) is 12.1. The molecular formula is C15H17NO2S. The minimum absolute atomic E-state index is 0.0428. The van der Waals surface area contributed by atoms with Gasteiger partial charge in [-0.1, -0.05) is 30.3 Å². The second-order valence-electron chi connectivity index (χ2n) is 4.33. The summed E-state index contributed by atoms with van der Waals surface area (Å²) in [5, 5.41) is 2.55. The van der Waals surface area contributed by atoms with Crippen LogP contribution in [-0.4, -0.2) is 17.7 Å². The van der Waals surface area contributed by atoms with Crippen LogP contribution in [0.3, 0.4) is 0 Å². The van der Waals surface area contributed by atoms with Gasteiger partial charge in [0.1, 0.15) is 5.76 Å². The van der Waals surface area contributed by atoms with E-state index in [1.807, 2.05) is 42.5 Å². The number of nitrogens with one attached hydrogen (secondary N) is 1. The smallest absolute Gasteiger partial charge is 0.233 e. The fourth-order valence-electron chi connectivity index (χ4n) is 1.81. The first-order valence-corrected chi connectivity index (χ1v) is 6.79.